The molecule has 2 N–H and O–H groups in total. The number of ether oxygens (including phenoxy) is 2. The number of furan rings is 2. The molecule has 0 saturated carbocycles. The van der Waals surface area contributed by atoms with E-state index in [1.165, 1.54) is 18.2 Å². The lowest BCUT2D eigenvalue weighted by atomic mass is 10.1. The van der Waals surface area contributed by atoms with E-state index < -0.39 is 21.9 Å². The number of sulfonamides is 1. The molecule has 0 aliphatic rings. The molecule has 10 nitrogen and oxygen atoms in total. The summed E-state index contributed by atoms with van der Waals surface area (Å²) in [5.74, 6) is 0.359. The number of rotatable bonds is 12. The summed E-state index contributed by atoms with van der Waals surface area (Å²) < 4.78 is 49.4. The van der Waals surface area contributed by atoms with E-state index in [0.29, 0.717) is 28.4 Å². The maximum atomic E-state index is 12.6. The van der Waals surface area contributed by atoms with Gasteiger partial charge in [-0.15, -0.1) is 0 Å². The largest absolute Gasteiger partial charge is 0.489 e. The van der Waals surface area contributed by atoms with Crippen LogP contribution in [0.15, 0.2) is 159 Å². The average molecular weight is 770 g/mol. The first-order valence-electron chi connectivity index (χ1n) is 17.6. The van der Waals surface area contributed by atoms with Gasteiger partial charge in [-0.2, -0.15) is 0 Å². The molecule has 2 aromatic heterocycles. The van der Waals surface area contributed by atoms with Crippen molar-refractivity contribution in [1.82, 2.24) is 4.72 Å². The molecule has 284 valence electrons. The Balaban J connectivity index is 0.000000202. The van der Waals surface area contributed by atoms with E-state index in [1.54, 1.807) is 39.0 Å². The fraction of sp³-hybridized carbons (Fsp3) is 0.111. The van der Waals surface area contributed by atoms with Crippen LogP contribution >= 0.6 is 0 Å². The van der Waals surface area contributed by atoms with Crippen LogP contribution in [-0.2, 0) is 23.2 Å². The first kappa shape index (κ1) is 38.9. The number of benzene rings is 5. The lowest BCUT2D eigenvalue weighted by Gasteiger charge is -2.07. The third-order valence-electron chi connectivity index (χ3n) is 8.80. The monoisotopic (exact) mass is 769 g/mol. The molecule has 11 heteroatoms. The van der Waals surface area contributed by atoms with Gasteiger partial charge in [0.05, 0.1) is 4.90 Å². The molecule has 0 fully saturated rings. The van der Waals surface area contributed by atoms with Crippen molar-refractivity contribution < 1.29 is 41.4 Å². The second-order valence-electron chi connectivity index (χ2n) is 12.7. The molecule has 0 spiro atoms. The predicted molar refractivity (Wildman–Crippen MR) is 212 cm³/mol. The van der Waals surface area contributed by atoms with Gasteiger partial charge >= 0.3 is 11.9 Å². The highest BCUT2D eigenvalue weighted by Crippen LogP contribution is 2.26. The van der Waals surface area contributed by atoms with Crippen molar-refractivity contribution in [2.45, 2.75) is 38.9 Å². The first-order valence-corrected chi connectivity index (χ1v) is 19.1. The Morgan fingerprint density at radius 1 is 0.571 bits per heavy atom. The van der Waals surface area contributed by atoms with E-state index in [-0.39, 0.29) is 29.6 Å². The van der Waals surface area contributed by atoms with Crippen molar-refractivity contribution in [2.75, 3.05) is 0 Å². The summed E-state index contributed by atoms with van der Waals surface area (Å²) in [4.78, 5) is 23.5. The van der Waals surface area contributed by atoms with Crippen LogP contribution in [0.1, 0.15) is 49.3 Å². The zero-order chi connectivity index (χ0) is 39.7. The summed E-state index contributed by atoms with van der Waals surface area (Å²) in [5.41, 5.74) is 6.39. The summed E-state index contributed by atoms with van der Waals surface area (Å²) in [5, 5.41) is 8.91. The first-order chi connectivity index (χ1) is 27.0. The average Bonchev–Trinajstić information content (AvgIpc) is 3.79. The van der Waals surface area contributed by atoms with Gasteiger partial charge in [0.2, 0.25) is 5.76 Å². The minimum absolute atomic E-state index is 0.0455. The number of hydrogen-bond donors (Lipinski definition) is 2. The fourth-order valence-corrected chi connectivity index (χ4v) is 6.90. The number of amides is 1. The maximum absolute atomic E-state index is 12.6. The van der Waals surface area contributed by atoms with Crippen molar-refractivity contribution in [1.29, 1.82) is 0 Å². The van der Waals surface area contributed by atoms with Gasteiger partial charge in [-0.1, -0.05) is 103 Å². The fourth-order valence-electron chi connectivity index (χ4n) is 5.70. The molecule has 1 amide bonds. The minimum atomic E-state index is -4.02. The van der Waals surface area contributed by atoms with E-state index in [1.807, 2.05) is 97.1 Å². The summed E-state index contributed by atoms with van der Waals surface area (Å²) in [6.07, 6.45) is 0. The number of aryl methyl sites for hydroxylation is 3. The normalized spacial score (nSPS) is 10.9. The number of aromatic carboxylic acids is 1. The molecule has 0 aliphatic heterocycles. The van der Waals surface area contributed by atoms with E-state index >= 15 is 0 Å². The highest BCUT2D eigenvalue weighted by Gasteiger charge is 2.23. The summed E-state index contributed by atoms with van der Waals surface area (Å²) in [7, 11) is -4.02. The predicted octanol–water partition coefficient (Wildman–Crippen LogP) is 9.79. The number of hydrogen-bond acceptors (Lipinski definition) is 8. The molecule has 5 aromatic carbocycles. The van der Waals surface area contributed by atoms with E-state index in [0.717, 1.165) is 33.6 Å². The molecule has 7 rings (SSSR count). The van der Waals surface area contributed by atoms with Crippen LogP contribution in [0, 0.1) is 20.8 Å². The number of carboxylic acid groups (broad SMARTS) is 1. The van der Waals surface area contributed by atoms with Crippen molar-refractivity contribution in [3.05, 3.63) is 185 Å². The summed E-state index contributed by atoms with van der Waals surface area (Å²) in [6.45, 7) is 5.54. The van der Waals surface area contributed by atoms with Gasteiger partial charge in [0.25, 0.3) is 10.0 Å². The number of carbonyl (C=O) groups is 2. The van der Waals surface area contributed by atoms with Crippen molar-refractivity contribution in [3.63, 3.8) is 0 Å². The van der Waals surface area contributed by atoms with Gasteiger partial charge in [0.1, 0.15) is 36.2 Å². The standard InChI is InChI=1S/C26H23NO5S.C19H16O4/c1-18-8-6-7-11-25(18)33(29,30)27-26(28)24-16-22(19(2)32-24)17-31-23-14-12-21(13-15-23)20-9-4-3-5-10-20;1-13-16(11-18(23-13)19(20)21)12-22-17-9-7-15(8-10-17)14-5-3-2-4-6-14/h3-16H,17H2,1-2H3,(H,27,28);2-11H,12H2,1H3,(H,20,21). The van der Waals surface area contributed by atoms with E-state index in [9.17, 15) is 18.0 Å². The van der Waals surface area contributed by atoms with Crippen molar-refractivity contribution >= 4 is 21.9 Å². The zero-order valence-corrected chi connectivity index (χ0v) is 31.7. The van der Waals surface area contributed by atoms with Gasteiger partial charge in [-0.05, 0) is 91.1 Å². The quantitative estimate of drug-likeness (QED) is 0.124. The Hall–Kier alpha value is -6.85. The highest BCUT2D eigenvalue weighted by atomic mass is 32.2. The molecule has 0 radical (unpaired) electrons. The Labute approximate surface area is 325 Å². The molecule has 0 unspecified atom stereocenters. The summed E-state index contributed by atoms with van der Waals surface area (Å²) >= 11 is 0. The lowest BCUT2D eigenvalue weighted by Crippen LogP contribution is -2.30. The lowest BCUT2D eigenvalue weighted by molar-refractivity contribution is 0.0660. The number of carboxylic acids is 1. The Morgan fingerprint density at radius 3 is 1.43 bits per heavy atom. The van der Waals surface area contributed by atoms with Gasteiger partial charge < -0.3 is 23.4 Å². The number of carbonyl (C=O) groups excluding carboxylic acids is 1. The summed E-state index contributed by atoms with van der Waals surface area (Å²) in [6, 6.07) is 45.0. The third-order valence-corrected chi connectivity index (χ3v) is 10.3. The molecular weight excluding hydrogens is 731 g/mol. The van der Waals surface area contributed by atoms with Crippen LogP contribution in [0.5, 0.6) is 11.5 Å². The number of nitrogens with one attached hydrogen (secondary N) is 1. The van der Waals surface area contributed by atoms with Crippen LogP contribution in [0.2, 0.25) is 0 Å². The maximum Gasteiger partial charge on any atom is 0.371 e. The van der Waals surface area contributed by atoms with Gasteiger partial charge in [-0.25, -0.2) is 17.9 Å². The van der Waals surface area contributed by atoms with Crippen molar-refractivity contribution in [3.8, 4) is 33.8 Å². The zero-order valence-electron chi connectivity index (χ0n) is 30.9. The van der Waals surface area contributed by atoms with Gasteiger partial charge in [-0.3, -0.25) is 4.79 Å². The van der Waals surface area contributed by atoms with Crippen LogP contribution in [-0.4, -0.2) is 25.4 Å². The smallest absolute Gasteiger partial charge is 0.371 e. The van der Waals surface area contributed by atoms with E-state index in [4.69, 9.17) is 23.4 Å². The highest BCUT2D eigenvalue weighted by molar-refractivity contribution is 7.90. The molecule has 0 saturated heterocycles. The SMILES string of the molecule is Cc1ccccc1S(=O)(=O)NC(=O)c1cc(COc2ccc(-c3ccccc3)cc2)c(C)o1.Cc1oc(C(=O)O)cc1COc1ccc(-c2ccccc2)cc1. The van der Waals surface area contributed by atoms with Gasteiger partial charge in [0.15, 0.2) is 5.76 Å². The van der Waals surface area contributed by atoms with Crippen LogP contribution in [0.25, 0.3) is 22.3 Å². The van der Waals surface area contributed by atoms with Crippen LogP contribution in [0.3, 0.4) is 0 Å². The second kappa shape index (κ2) is 17.5. The van der Waals surface area contributed by atoms with Crippen molar-refractivity contribution in [2.24, 2.45) is 0 Å². The Kier molecular flexibility index (Phi) is 12.2. The molecule has 2 heterocycles. The van der Waals surface area contributed by atoms with Crippen LogP contribution < -0.4 is 14.2 Å². The molecule has 56 heavy (non-hydrogen) atoms. The molecule has 7 aromatic rings. The molecule has 0 atom stereocenters. The Morgan fingerprint density at radius 2 is 0.982 bits per heavy atom. The third kappa shape index (κ3) is 9.82. The van der Waals surface area contributed by atoms with Gasteiger partial charge in [0, 0.05) is 11.1 Å². The van der Waals surface area contributed by atoms with Crippen LogP contribution in [0.4, 0.5) is 0 Å². The topological polar surface area (TPSA) is 145 Å². The molecular formula is C45H39NO9S. The minimum Gasteiger partial charge on any atom is -0.489 e. The second-order valence-corrected chi connectivity index (χ2v) is 14.4. The van der Waals surface area contributed by atoms with E-state index in [2.05, 4.69) is 16.9 Å². The Bertz CT molecular complexity index is 2520. The molecule has 0 bridgehead atoms. The molecule has 0 aliphatic carbocycles.